The fraction of sp³-hybridized carbons (Fsp3) is 0.400. The number of imidazole rings is 1. The number of fused-ring (bicyclic) bond motifs is 1. The SMILES string of the molecule is CCOC(=O)c1cnn(-c2nc3c(ncn3Cc3cccc(OCCN4CCN(C)CC4)c3)c(=O)[nH]2)c1. The molecule has 1 aliphatic heterocycles. The molecule has 4 aromatic rings. The molecule has 0 unspecified atom stereocenters. The standard InChI is InChI=1S/C25H30N8O4/c1-3-36-24(35)19-14-27-33(16-19)25-28-22-21(23(34)29-25)26-17-32(22)15-18-5-4-6-20(13-18)37-12-11-31-9-7-30(2)8-10-31/h4-6,13-14,16-17H,3,7-12,15H2,1-2H3,(H,28,29,34). The third-order valence-electron chi connectivity index (χ3n) is 6.30. The van der Waals surface area contributed by atoms with Crippen molar-refractivity contribution in [3.8, 4) is 11.7 Å². The van der Waals surface area contributed by atoms with E-state index < -0.39 is 11.5 Å². The largest absolute Gasteiger partial charge is 0.492 e. The summed E-state index contributed by atoms with van der Waals surface area (Å²) in [5, 5.41) is 4.14. The third kappa shape index (κ3) is 5.70. The van der Waals surface area contributed by atoms with Crippen molar-refractivity contribution in [2.75, 3.05) is 53.0 Å². The highest BCUT2D eigenvalue weighted by atomic mass is 16.5. The van der Waals surface area contributed by atoms with Crippen molar-refractivity contribution in [1.82, 2.24) is 39.1 Å². The second kappa shape index (κ2) is 10.9. The van der Waals surface area contributed by atoms with Crippen LogP contribution in [-0.2, 0) is 11.3 Å². The zero-order valence-corrected chi connectivity index (χ0v) is 21.0. The average Bonchev–Trinajstić information content (AvgIpc) is 3.54. The van der Waals surface area contributed by atoms with Gasteiger partial charge in [0.2, 0.25) is 5.95 Å². The lowest BCUT2D eigenvalue weighted by atomic mass is 10.2. The van der Waals surface area contributed by atoms with Gasteiger partial charge in [0.1, 0.15) is 12.4 Å². The van der Waals surface area contributed by atoms with Gasteiger partial charge in [-0.15, -0.1) is 0 Å². The van der Waals surface area contributed by atoms with Crippen molar-refractivity contribution in [3.63, 3.8) is 0 Å². The van der Waals surface area contributed by atoms with E-state index in [1.54, 1.807) is 17.8 Å². The number of esters is 1. The van der Waals surface area contributed by atoms with E-state index in [-0.39, 0.29) is 23.6 Å². The number of H-pyrrole nitrogens is 1. The van der Waals surface area contributed by atoms with Crippen LogP contribution in [0.25, 0.3) is 17.1 Å². The molecule has 0 saturated carbocycles. The minimum absolute atomic E-state index is 0.177. The molecule has 0 radical (unpaired) electrons. The second-order valence-electron chi connectivity index (χ2n) is 8.97. The lowest BCUT2D eigenvalue weighted by Crippen LogP contribution is -2.45. The zero-order valence-electron chi connectivity index (χ0n) is 21.0. The normalized spacial score (nSPS) is 14.8. The molecule has 1 N–H and O–H groups in total. The number of rotatable bonds is 9. The van der Waals surface area contributed by atoms with Crippen molar-refractivity contribution >= 4 is 17.1 Å². The van der Waals surface area contributed by atoms with Gasteiger partial charge in [-0.25, -0.2) is 14.5 Å². The number of nitrogens with one attached hydrogen (secondary N) is 1. The number of likely N-dealkylation sites (N-methyl/N-ethyl adjacent to an activating group) is 1. The Morgan fingerprint density at radius 2 is 2.03 bits per heavy atom. The number of aromatic nitrogens is 6. The lowest BCUT2D eigenvalue weighted by molar-refractivity contribution is 0.0526. The monoisotopic (exact) mass is 506 g/mol. The third-order valence-corrected chi connectivity index (χ3v) is 6.30. The minimum atomic E-state index is -0.493. The summed E-state index contributed by atoms with van der Waals surface area (Å²) in [6, 6.07) is 7.88. The Bertz CT molecular complexity index is 1430. The van der Waals surface area contributed by atoms with Gasteiger partial charge in [-0.2, -0.15) is 10.1 Å². The molecule has 0 bridgehead atoms. The predicted molar refractivity (Wildman–Crippen MR) is 136 cm³/mol. The van der Waals surface area contributed by atoms with E-state index in [1.807, 2.05) is 24.3 Å². The average molecular weight is 507 g/mol. The van der Waals surface area contributed by atoms with Gasteiger partial charge in [0.05, 0.1) is 31.2 Å². The molecule has 194 valence electrons. The van der Waals surface area contributed by atoms with E-state index in [9.17, 15) is 9.59 Å². The van der Waals surface area contributed by atoms with E-state index in [4.69, 9.17) is 9.47 Å². The Kier molecular flexibility index (Phi) is 7.28. The van der Waals surface area contributed by atoms with Gasteiger partial charge in [-0.3, -0.25) is 14.7 Å². The fourth-order valence-electron chi connectivity index (χ4n) is 4.22. The first kappa shape index (κ1) is 24.7. The summed E-state index contributed by atoms with van der Waals surface area (Å²) in [6.07, 6.45) is 4.42. The number of hydrogen-bond acceptors (Lipinski definition) is 9. The number of aromatic amines is 1. The van der Waals surface area contributed by atoms with Gasteiger partial charge < -0.3 is 18.9 Å². The second-order valence-corrected chi connectivity index (χ2v) is 8.97. The Balaban J connectivity index is 1.30. The molecule has 4 heterocycles. The van der Waals surface area contributed by atoms with Crippen LogP contribution in [-0.4, -0.2) is 98.1 Å². The summed E-state index contributed by atoms with van der Waals surface area (Å²) < 4.78 is 14.1. The first-order valence-electron chi connectivity index (χ1n) is 12.3. The Labute approximate surface area is 213 Å². The smallest absolute Gasteiger partial charge is 0.341 e. The minimum Gasteiger partial charge on any atom is -0.492 e. The molecule has 1 saturated heterocycles. The Morgan fingerprint density at radius 1 is 1.19 bits per heavy atom. The van der Waals surface area contributed by atoms with Crippen LogP contribution in [0.2, 0.25) is 0 Å². The number of hydrogen-bond donors (Lipinski definition) is 1. The number of ether oxygens (including phenoxy) is 2. The molecule has 3 aromatic heterocycles. The van der Waals surface area contributed by atoms with Crippen molar-refractivity contribution in [3.05, 3.63) is 64.5 Å². The quantitative estimate of drug-likeness (QED) is 0.333. The number of nitrogens with zero attached hydrogens (tertiary/aromatic N) is 7. The highest BCUT2D eigenvalue weighted by Gasteiger charge is 2.16. The number of carbonyl (C=O) groups excluding carboxylic acids is 1. The number of benzene rings is 1. The van der Waals surface area contributed by atoms with Crippen LogP contribution in [0.15, 0.2) is 47.8 Å². The first-order chi connectivity index (χ1) is 18.0. The molecule has 1 aliphatic rings. The van der Waals surface area contributed by atoms with E-state index in [2.05, 4.69) is 36.9 Å². The predicted octanol–water partition coefficient (Wildman–Crippen LogP) is 1.16. The van der Waals surface area contributed by atoms with E-state index in [1.165, 1.54) is 17.1 Å². The van der Waals surface area contributed by atoms with Gasteiger partial charge in [-0.1, -0.05) is 12.1 Å². The van der Waals surface area contributed by atoms with Crippen molar-refractivity contribution in [1.29, 1.82) is 0 Å². The molecule has 12 nitrogen and oxygen atoms in total. The molecule has 0 spiro atoms. The summed E-state index contributed by atoms with van der Waals surface area (Å²) in [5.41, 5.74) is 1.49. The van der Waals surface area contributed by atoms with Gasteiger partial charge in [0.25, 0.3) is 5.56 Å². The first-order valence-corrected chi connectivity index (χ1v) is 12.3. The van der Waals surface area contributed by atoms with E-state index in [0.29, 0.717) is 18.8 Å². The zero-order chi connectivity index (χ0) is 25.8. The summed E-state index contributed by atoms with van der Waals surface area (Å²) in [5.74, 6) is 0.481. The van der Waals surface area contributed by atoms with Gasteiger partial charge >= 0.3 is 5.97 Å². The molecule has 1 aromatic carbocycles. The van der Waals surface area contributed by atoms with Crippen molar-refractivity contribution < 1.29 is 14.3 Å². The van der Waals surface area contributed by atoms with Crippen molar-refractivity contribution in [2.24, 2.45) is 0 Å². The molecule has 1 fully saturated rings. The molecular weight excluding hydrogens is 476 g/mol. The van der Waals surface area contributed by atoms with Gasteiger partial charge in [0.15, 0.2) is 11.2 Å². The fourth-order valence-corrected chi connectivity index (χ4v) is 4.22. The molecule has 12 heteroatoms. The summed E-state index contributed by atoms with van der Waals surface area (Å²) >= 11 is 0. The molecule has 0 atom stereocenters. The van der Waals surface area contributed by atoms with Gasteiger partial charge in [-0.05, 0) is 31.7 Å². The molecule has 0 aliphatic carbocycles. The van der Waals surface area contributed by atoms with Crippen LogP contribution in [0.1, 0.15) is 22.8 Å². The maximum absolute atomic E-state index is 12.7. The lowest BCUT2D eigenvalue weighted by Gasteiger charge is -2.32. The van der Waals surface area contributed by atoms with Crippen LogP contribution in [0.4, 0.5) is 0 Å². The van der Waals surface area contributed by atoms with Gasteiger partial charge in [0, 0.05) is 38.9 Å². The summed E-state index contributed by atoms with van der Waals surface area (Å²) in [6.45, 7) is 8.24. The summed E-state index contributed by atoms with van der Waals surface area (Å²) in [7, 11) is 2.15. The van der Waals surface area contributed by atoms with Crippen molar-refractivity contribution in [2.45, 2.75) is 13.5 Å². The maximum atomic E-state index is 12.7. The molecule has 0 amide bonds. The highest BCUT2D eigenvalue weighted by molar-refractivity contribution is 5.88. The topological polar surface area (TPSA) is 123 Å². The molecule has 5 rings (SSSR count). The van der Waals surface area contributed by atoms with Crippen LogP contribution in [0, 0.1) is 0 Å². The molecule has 37 heavy (non-hydrogen) atoms. The van der Waals surface area contributed by atoms with E-state index in [0.717, 1.165) is 44.0 Å². The number of piperazine rings is 1. The number of carbonyl (C=O) groups is 1. The maximum Gasteiger partial charge on any atom is 0.341 e. The van der Waals surface area contributed by atoms with Crippen LogP contribution in [0.5, 0.6) is 5.75 Å². The Morgan fingerprint density at radius 3 is 2.84 bits per heavy atom. The summed E-state index contributed by atoms with van der Waals surface area (Å²) in [4.78, 5) is 40.9. The van der Waals surface area contributed by atoms with Crippen LogP contribution < -0.4 is 10.3 Å². The van der Waals surface area contributed by atoms with Crippen LogP contribution in [0.3, 0.4) is 0 Å². The van der Waals surface area contributed by atoms with Crippen LogP contribution >= 0.6 is 0 Å². The molecular formula is C25H30N8O4. The van der Waals surface area contributed by atoms with E-state index >= 15 is 0 Å². The highest BCUT2D eigenvalue weighted by Crippen LogP contribution is 2.17. The Hall–Kier alpha value is -4.03.